The first-order valence-electron chi connectivity index (χ1n) is 9.27. The van der Waals surface area contributed by atoms with Gasteiger partial charge < -0.3 is 5.32 Å². The Labute approximate surface area is 174 Å². The Morgan fingerprint density at radius 2 is 1.69 bits per heavy atom. The van der Waals surface area contributed by atoms with Crippen LogP contribution in [0.3, 0.4) is 0 Å². The van der Waals surface area contributed by atoms with Crippen molar-refractivity contribution >= 4 is 31.5 Å². The molecule has 2 heterocycles. The van der Waals surface area contributed by atoms with E-state index < -0.39 is 25.7 Å². The molecule has 6 nitrogen and oxygen atoms in total. The summed E-state index contributed by atoms with van der Waals surface area (Å²) in [4.78, 5) is -0.551. The summed E-state index contributed by atoms with van der Waals surface area (Å²) in [5, 5.41) is 3.12. The molecule has 1 fully saturated rings. The second-order valence-corrected chi connectivity index (χ2v) is 11.3. The molecule has 0 saturated carbocycles. The van der Waals surface area contributed by atoms with Gasteiger partial charge in [0.25, 0.3) is 0 Å². The third-order valence-corrected chi connectivity index (χ3v) is 9.24. The van der Waals surface area contributed by atoms with Crippen LogP contribution < -0.4 is 10.0 Å². The highest BCUT2D eigenvalue weighted by Crippen LogP contribution is 2.36. The Morgan fingerprint density at radius 3 is 2.41 bits per heavy atom. The summed E-state index contributed by atoms with van der Waals surface area (Å²) in [6.07, 6.45) is 2.01. The summed E-state index contributed by atoms with van der Waals surface area (Å²) in [6, 6.07) is 5.91. The number of rotatable bonds is 3. The van der Waals surface area contributed by atoms with E-state index in [1.807, 2.05) is 0 Å². The summed E-state index contributed by atoms with van der Waals surface area (Å²) < 4.78 is 68.7. The van der Waals surface area contributed by atoms with E-state index in [0.29, 0.717) is 49.9 Å². The molecule has 156 valence electrons. The van der Waals surface area contributed by atoms with Gasteiger partial charge in [-0.2, -0.15) is 0 Å². The highest BCUT2D eigenvalue weighted by molar-refractivity contribution is 7.92. The van der Waals surface area contributed by atoms with E-state index in [0.717, 1.165) is 12.1 Å². The van der Waals surface area contributed by atoms with Gasteiger partial charge in [-0.25, -0.2) is 25.9 Å². The molecule has 2 N–H and O–H groups in total. The molecule has 2 aliphatic heterocycles. The van der Waals surface area contributed by atoms with Gasteiger partial charge in [-0.15, -0.1) is 0 Å². The number of sulfone groups is 1. The van der Waals surface area contributed by atoms with Crippen molar-refractivity contribution in [3.63, 3.8) is 0 Å². The topological polar surface area (TPSA) is 92.3 Å². The van der Waals surface area contributed by atoms with Crippen molar-refractivity contribution in [3.05, 3.63) is 52.3 Å². The van der Waals surface area contributed by atoms with Crippen molar-refractivity contribution in [3.8, 4) is 0 Å². The molecule has 1 saturated heterocycles. The third kappa shape index (κ3) is 3.94. The summed E-state index contributed by atoms with van der Waals surface area (Å²) in [6.45, 7) is 1.39. The third-order valence-electron chi connectivity index (χ3n) is 5.34. The van der Waals surface area contributed by atoms with Crippen molar-refractivity contribution in [2.75, 3.05) is 13.1 Å². The molecule has 0 aliphatic carbocycles. The second-order valence-electron chi connectivity index (χ2n) is 7.29. The Bertz CT molecular complexity index is 1180. The quantitative estimate of drug-likeness (QED) is 0.737. The SMILES string of the molecule is O=S(=O)(NC1CCNCC1)c1cc2c(cc1Cl)CCc1ccc(F)cc1S2(=O)=O. The maximum Gasteiger partial charge on any atom is 0.242 e. The molecule has 0 radical (unpaired) electrons. The second kappa shape index (κ2) is 7.63. The van der Waals surface area contributed by atoms with Crippen LogP contribution in [0.5, 0.6) is 0 Å². The molecule has 0 bridgehead atoms. The molecule has 0 unspecified atom stereocenters. The summed E-state index contributed by atoms with van der Waals surface area (Å²) in [5.74, 6) is -0.662. The average molecular weight is 459 g/mol. The Morgan fingerprint density at radius 1 is 1.03 bits per heavy atom. The lowest BCUT2D eigenvalue weighted by atomic mass is 10.0. The van der Waals surface area contributed by atoms with Crippen LogP contribution in [0.2, 0.25) is 5.02 Å². The molecule has 0 spiro atoms. The molecule has 10 heteroatoms. The van der Waals surface area contributed by atoms with Crippen LogP contribution in [0, 0.1) is 5.82 Å². The predicted octanol–water partition coefficient (Wildman–Crippen LogP) is 2.44. The number of halogens is 2. The van der Waals surface area contributed by atoms with E-state index in [1.54, 1.807) is 0 Å². The van der Waals surface area contributed by atoms with E-state index >= 15 is 0 Å². The number of sulfonamides is 1. The van der Waals surface area contributed by atoms with Crippen molar-refractivity contribution in [1.82, 2.24) is 10.0 Å². The lowest BCUT2D eigenvalue weighted by Crippen LogP contribution is -2.42. The van der Waals surface area contributed by atoms with Crippen LogP contribution in [-0.2, 0) is 32.7 Å². The van der Waals surface area contributed by atoms with Crippen LogP contribution in [-0.4, -0.2) is 36.0 Å². The average Bonchev–Trinajstić information content (AvgIpc) is 2.76. The molecule has 2 aromatic carbocycles. The highest BCUT2D eigenvalue weighted by Gasteiger charge is 2.32. The van der Waals surface area contributed by atoms with E-state index in [-0.39, 0.29) is 25.8 Å². The first kappa shape index (κ1) is 20.7. The summed E-state index contributed by atoms with van der Waals surface area (Å²) >= 11 is 6.26. The predicted molar refractivity (Wildman–Crippen MR) is 107 cm³/mol. The van der Waals surface area contributed by atoms with Gasteiger partial charge in [-0.1, -0.05) is 17.7 Å². The van der Waals surface area contributed by atoms with Crippen molar-refractivity contribution in [2.24, 2.45) is 0 Å². The molecule has 29 heavy (non-hydrogen) atoms. The summed E-state index contributed by atoms with van der Waals surface area (Å²) in [5.41, 5.74) is 0.920. The maximum atomic E-state index is 13.7. The van der Waals surface area contributed by atoms with Gasteiger partial charge in [0.05, 0.1) is 14.8 Å². The zero-order valence-electron chi connectivity index (χ0n) is 15.4. The number of benzene rings is 2. The smallest absolute Gasteiger partial charge is 0.242 e. The Balaban J connectivity index is 1.81. The maximum absolute atomic E-state index is 13.7. The first-order chi connectivity index (χ1) is 13.7. The minimum absolute atomic E-state index is 0.0301. The van der Waals surface area contributed by atoms with E-state index in [4.69, 9.17) is 11.6 Å². The largest absolute Gasteiger partial charge is 0.317 e. The van der Waals surface area contributed by atoms with Crippen LogP contribution >= 0.6 is 11.6 Å². The molecule has 4 rings (SSSR count). The van der Waals surface area contributed by atoms with Crippen molar-refractivity contribution in [1.29, 1.82) is 0 Å². The fraction of sp³-hybridized carbons (Fsp3) is 0.368. The monoisotopic (exact) mass is 458 g/mol. The van der Waals surface area contributed by atoms with Crippen molar-refractivity contribution < 1.29 is 21.2 Å². The normalized spacial score (nSPS) is 19.2. The van der Waals surface area contributed by atoms with Crippen LogP contribution in [0.25, 0.3) is 0 Å². The minimum Gasteiger partial charge on any atom is -0.317 e. The molecular weight excluding hydrogens is 439 g/mol. The lowest BCUT2D eigenvalue weighted by Gasteiger charge is -2.24. The van der Waals surface area contributed by atoms with E-state index in [2.05, 4.69) is 10.0 Å². The van der Waals surface area contributed by atoms with Crippen LogP contribution in [0.1, 0.15) is 24.0 Å². The zero-order chi connectivity index (χ0) is 20.8. The number of piperidine rings is 1. The lowest BCUT2D eigenvalue weighted by molar-refractivity contribution is 0.427. The molecule has 0 atom stereocenters. The van der Waals surface area contributed by atoms with Gasteiger partial charge in [0, 0.05) is 6.04 Å². The standard InChI is InChI=1S/C19H20ClFN2O4S2/c20-16-9-13-2-1-12-3-4-14(21)10-17(12)28(24,25)18(13)11-19(16)29(26,27)23-15-5-7-22-8-6-15/h3-4,9-11,15,22-23H,1-2,5-8H2. The zero-order valence-corrected chi connectivity index (χ0v) is 17.8. The number of nitrogens with one attached hydrogen (secondary N) is 2. The molecule has 2 aliphatic rings. The Hall–Kier alpha value is -1.52. The Kier molecular flexibility index (Phi) is 5.45. The van der Waals surface area contributed by atoms with Crippen LogP contribution in [0.15, 0.2) is 45.0 Å². The number of hydrogen-bond acceptors (Lipinski definition) is 5. The fourth-order valence-electron chi connectivity index (χ4n) is 3.82. The van der Waals surface area contributed by atoms with Crippen LogP contribution in [0.4, 0.5) is 4.39 Å². The van der Waals surface area contributed by atoms with E-state index in [9.17, 15) is 21.2 Å². The highest BCUT2D eigenvalue weighted by atomic mass is 35.5. The van der Waals surface area contributed by atoms with Gasteiger partial charge >= 0.3 is 0 Å². The van der Waals surface area contributed by atoms with Gasteiger partial charge in [0.1, 0.15) is 10.7 Å². The number of fused-ring (bicyclic) bond motifs is 2. The molecule has 0 aromatic heterocycles. The first-order valence-corrected chi connectivity index (χ1v) is 12.6. The fourth-order valence-corrected chi connectivity index (χ4v) is 7.58. The molecular formula is C19H20ClFN2O4S2. The molecule has 0 amide bonds. The minimum atomic E-state index is -4.09. The number of hydrogen-bond donors (Lipinski definition) is 2. The van der Waals surface area contributed by atoms with Gasteiger partial charge in [0.15, 0.2) is 0 Å². The number of aryl methyl sites for hydroxylation is 2. The van der Waals surface area contributed by atoms with E-state index in [1.165, 1.54) is 18.2 Å². The van der Waals surface area contributed by atoms with Gasteiger partial charge in [-0.05, 0) is 74.2 Å². The van der Waals surface area contributed by atoms with Gasteiger partial charge in [-0.3, -0.25) is 0 Å². The molecule has 2 aromatic rings. The summed E-state index contributed by atoms with van der Waals surface area (Å²) in [7, 11) is -8.11. The van der Waals surface area contributed by atoms with Crippen molar-refractivity contribution in [2.45, 2.75) is 46.4 Å². The van der Waals surface area contributed by atoms with Gasteiger partial charge in [0.2, 0.25) is 19.9 Å².